The van der Waals surface area contributed by atoms with Gasteiger partial charge in [0.25, 0.3) is 11.8 Å². The fourth-order valence-corrected chi connectivity index (χ4v) is 3.31. The molecule has 1 saturated heterocycles. The zero-order valence-corrected chi connectivity index (χ0v) is 14.4. The zero-order valence-electron chi connectivity index (χ0n) is 14.4. The minimum absolute atomic E-state index is 0.0419. The van der Waals surface area contributed by atoms with E-state index in [1.165, 1.54) is 0 Å². The number of benzene rings is 1. The lowest BCUT2D eigenvalue weighted by molar-refractivity contribution is -0.177. The van der Waals surface area contributed by atoms with Crippen LogP contribution in [0.2, 0.25) is 0 Å². The maximum atomic E-state index is 11.9. The average molecular weight is 353 g/mol. The molecular weight excluding hydrogens is 334 g/mol. The molecule has 2 aliphatic rings. The third-order valence-corrected chi connectivity index (χ3v) is 4.45. The first-order chi connectivity index (χ1) is 12.6. The average Bonchev–Trinajstić information content (AvgIpc) is 3.12. The maximum Gasteiger partial charge on any atom is 0.533 e. The fourth-order valence-electron chi connectivity index (χ4n) is 3.31. The van der Waals surface area contributed by atoms with Gasteiger partial charge in [-0.15, -0.1) is 0 Å². The lowest BCUT2D eigenvalue weighted by Crippen LogP contribution is -2.32. The number of hydrogen-bond donors (Lipinski definition) is 0. The monoisotopic (exact) mass is 353 g/mol. The van der Waals surface area contributed by atoms with Crippen LogP contribution in [-0.4, -0.2) is 29.6 Å². The van der Waals surface area contributed by atoms with Crippen molar-refractivity contribution >= 4 is 23.5 Å². The van der Waals surface area contributed by atoms with E-state index in [9.17, 15) is 14.4 Å². The molecule has 6 nitrogen and oxygen atoms in total. The summed E-state index contributed by atoms with van der Waals surface area (Å²) in [6.45, 7) is 5.72. The third-order valence-electron chi connectivity index (χ3n) is 4.45. The lowest BCUT2D eigenvalue weighted by Gasteiger charge is -2.16. The molecular formula is C20H19NO5. The van der Waals surface area contributed by atoms with E-state index in [1.807, 2.05) is 43.3 Å². The first-order valence-corrected chi connectivity index (χ1v) is 8.36. The van der Waals surface area contributed by atoms with E-state index >= 15 is 0 Å². The Morgan fingerprint density at radius 3 is 2.62 bits per heavy atom. The molecule has 1 atom stereocenters. The summed E-state index contributed by atoms with van der Waals surface area (Å²) in [5, 5.41) is 0.477. The van der Waals surface area contributed by atoms with E-state index in [0.29, 0.717) is 5.06 Å². The van der Waals surface area contributed by atoms with E-state index in [0.717, 1.165) is 22.3 Å². The number of ether oxygens (including phenoxy) is 1. The van der Waals surface area contributed by atoms with Gasteiger partial charge in [0, 0.05) is 18.8 Å². The number of imide groups is 1. The van der Waals surface area contributed by atoms with Crippen molar-refractivity contribution in [3.05, 3.63) is 65.8 Å². The van der Waals surface area contributed by atoms with Crippen molar-refractivity contribution in [3.8, 4) is 0 Å². The molecule has 1 heterocycles. The summed E-state index contributed by atoms with van der Waals surface area (Å²) in [5.74, 6) is -1.23. The molecule has 1 unspecified atom stereocenters. The first-order valence-electron chi connectivity index (χ1n) is 8.36. The summed E-state index contributed by atoms with van der Waals surface area (Å²) in [7, 11) is 0. The normalized spacial score (nSPS) is 22.0. The first kappa shape index (κ1) is 17.7. The second kappa shape index (κ2) is 7.39. The van der Waals surface area contributed by atoms with Crippen molar-refractivity contribution in [3.63, 3.8) is 0 Å². The third kappa shape index (κ3) is 3.18. The Bertz CT molecular complexity index is 820. The Kier molecular flexibility index (Phi) is 5.02. The number of amides is 2. The zero-order chi connectivity index (χ0) is 18.7. The summed E-state index contributed by atoms with van der Waals surface area (Å²) in [4.78, 5) is 39.7. The number of carbonyl (C=O) groups is 3. The molecule has 1 aliphatic heterocycles. The largest absolute Gasteiger partial charge is 0.533 e. The van der Waals surface area contributed by atoms with Crippen LogP contribution in [0.1, 0.15) is 36.8 Å². The second-order valence-electron chi connectivity index (χ2n) is 5.93. The Hall–Kier alpha value is -3.15. The van der Waals surface area contributed by atoms with Gasteiger partial charge in [-0.1, -0.05) is 54.1 Å². The molecule has 3 rings (SSSR count). The Morgan fingerprint density at radius 1 is 1.27 bits per heavy atom. The quantitative estimate of drug-likeness (QED) is 0.612. The number of hydroxylamine groups is 2. The molecule has 26 heavy (non-hydrogen) atoms. The molecule has 6 heteroatoms. The van der Waals surface area contributed by atoms with Crippen molar-refractivity contribution in [2.45, 2.75) is 25.7 Å². The van der Waals surface area contributed by atoms with Crippen molar-refractivity contribution in [2.24, 2.45) is 0 Å². The van der Waals surface area contributed by atoms with Gasteiger partial charge in [0.2, 0.25) is 0 Å². The van der Waals surface area contributed by atoms with Crippen molar-refractivity contribution in [1.82, 2.24) is 5.06 Å². The van der Waals surface area contributed by atoms with Gasteiger partial charge in [-0.2, -0.15) is 0 Å². The van der Waals surface area contributed by atoms with Gasteiger partial charge in [-0.25, -0.2) is 4.79 Å². The number of fused-ring (bicyclic) bond motifs is 1. The molecule has 1 aromatic carbocycles. The van der Waals surface area contributed by atoms with Crippen LogP contribution in [0.3, 0.4) is 0 Å². The molecule has 0 spiro atoms. The molecule has 1 aliphatic carbocycles. The SMILES string of the molecule is C=C/C=C1\C(=C/C)C(COC(=O)ON2C(=O)CCC2=O)c2ccccc21. The van der Waals surface area contributed by atoms with Gasteiger partial charge < -0.3 is 4.74 Å². The van der Waals surface area contributed by atoms with Crippen LogP contribution in [0.5, 0.6) is 0 Å². The van der Waals surface area contributed by atoms with E-state index in [1.54, 1.807) is 6.08 Å². The maximum absolute atomic E-state index is 11.9. The summed E-state index contributed by atoms with van der Waals surface area (Å²) in [6, 6.07) is 7.87. The van der Waals surface area contributed by atoms with Crippen molar-refractivity contribution in [1.29, 1.82) is 0 Å². The van der Waals surface area contributed by atoms with Crippen LogP contribution in [0.4, 0.5) is 4.79 Å². The predicted molar refractivity (Wildman–Crippen MR) is 94.6 cm³/mol. The Labute approximate surface area is 151 Å². The van der Waals surface area contributed by atoms with Gasteiger partial charge in [-0.3, -0.25) is 14.4 Å². The molecule has 0 aromatic heterocycles. The molecule has 0 saturated carbocycles. The van der Waals surface area contributed by atoms with Crippen LogP contribution in [0.15, 0.2) is 54.6 Å². The summed E-state index contributed by atoms with van der Waals surface area (Å²) in [6.07, 6.45) is 4.64. The number of rotatable bonds is 4. The summed E-state index contributed by atoms with van der Waals surface area (Å²) < 4.78 is 5.20. The molecule has 2 amide bonds. The fraction of sp³-hybridized carbons (Fsp3) is 0.250. The number of allylic oxidation sites excluding steroid dienone is 4. The van der Waals surface area contributed by atoms with Crippen molar-refractivity contribution < 1.29 is 24.0 Å². The molecule has 0 N–H and O–H groups in total. The van der Waals surface area contributed by atoms with Gasteiger partial charge in [0.15, 0.2) is 0 Å². The number of carbonyl (C=O) groups excluding carboxylic acids is 3. The van der Waals surface area contributed by atoms with E-state index in [4.69, 9.17) is 9.57 Å². The van der Waals surface area contributed by atoms with Crippen LogP contribution >= 0.6 is 0 Å². The highest BCUT2D eigenvalue weighted by molar-refractivity contribution is 6.01. The predicted octanol–water partition coefficient (Wildman–Crippen LogP) is 3.52. The van der Waals surface area contributed by atoms with Gasteiger partial charge in [0.1, 0.15) is 6.61 Å². The smallest absolute Gasteiger partial charge is 0.432 e. The second-order valence-corrected chi connectivity index (χ2v) is 5.93. The molecule has 1 fully saturated rings. The Balaban J connectivity index is 1.74. The minimum Gasteiger partial charge on any atom is -0.432 e. The Morgan fingerprint density at radius 2 is 1.96 bits per heavy atom. The topological polar surface area (TPSA) is 72.9 Å². The van der Waals surface area contributed by atoms with Crippen LogP contribution in [-0.2, 0) is 19.2 Å². The van der Waals surface area contributed by atoms with E-state index < -0.39 is 18.0 Å². The highest BCUT2D eigenvalue weighted by atomic mass is 16.8. The number of nitrogens with zero attached hydrogens (tertiary/aromatic N) is 1. The molecule has 0 bridgehead atoms. The van der Waals surface area contributed by atoms with Gasteiger partial charge in [0.05, 0.1) is 0 Å². The number of hydrogen-bond acceptors (Lipinski definition) is 5. The highest BCUT2D eigenvalue weighted by Crippen LogP contribution is 2.45. The van der Waals surface area contributed by atoms with Gasteiger partial charge in [-0.05, 0) is 29.2 Å². The van der Waals surface area contributed by atoms with E-state index in [-0.39, 0.29) is 25.4 Å². The van der Waals surface area contributed by atoms with Crippen LogP contribution < -0.4 is 0 Å². The minimum atomic E-state index is -1.07. The van der Waals surface area contributed by atoms with Crippen LogP contribution in [0.25, 0.3) is 5.57 Å². The van der Waals surface area contributed by atoms with Gasteiger partial charge >= 0.3 is 6.16 Å². The summed E-state index contributed by atoms with van der Waals surface area (Å²) in [5.41, 5.74) is 4.15. The molecule has 134 valence electrons. The van der Waals surface area contributed by atoms with Crippen LogP contribution in [0, 0.1) is 0 Å². The lowest BCUT2D eigenvalue weighted by atomic mass is 9.97. The molecule has 1 aromatic rings. The highest BCUT2D eigenvalue weighted by Gasteiger charge is 2.35. The standard InChI is InChI=1S/C20H19NO5/c1-3-7-14-13(4-2)17(16-9-6-5-8-15(14)16)12-25-20(24)26-21-18(22)10-11-19(21)23/h3-9,17H,1,10-12H2,2H3/b13-4+,14-7+. The van der Waals surface area contributed by atoms with Crippen molar-refractivity contribution in [2.75, 3.05) is 6.61 Å². The summed E-state index contributed by atoms with van der Waals surface area (Å²) >= 11 is 0. The van der Waals surface area contributed by atoms with E-state index in [2.05, 4.69) is 6.58 Å². The molecule has 0 radical (unpaired) electrons.